The van der Waals surface area contributed by atoms with E-state index in [0.29, 0.717) is 16.8 Å². The summed E-state index contributed by atoms with van der Waals surface area (Å²) in [4.78, 5) is 38.6. The highest BCUT2D eigenvalue weighted by Crippen LogP contribution is 2.36. The van der Waals surface area contributed by atoms with Crippen molar-refractivity contribution in [3.8, 4) is 0 Å². The summed E-state index contributed by atoms with van der Waals surface area (Å²) < 4.78 is 20.2. The molecule has 7 nitrogen and oxygen atoms in total. The Balaban J connectivity index is 1.31. The van der Waals surface area contributed by atoms with Crippen LogP contribution in [0.25, 0.3) is 0 Å². The number of cyclic esters (lactones) is 1. The van der Waals surface area contributed by atoms with Crippen molar-refractivity contribution in [2.24, 2.45) is 0 Å². The third-order valence-corrected chi connectivity index (χ3v) is 6.42. The van der Waals surface area contributed by atoms with Gasteiger partial charge in [0, 0.05) is 24.0 Å². The summed E-state index contributed by atoms with van der Waals surface area (Å²) in [5.41, 5.74) is 2.74. The largest absolute Gasteiger partial charge is 0.442 e. The Morgan fingerprint density at radius 2 is 1.85 bits per heavy atom. The first-order valence-corrected chi connectivity index (χ1v) is 11.8. The third kappa shape index (κ3) is 5.62. The fraction of sp³-hybridized carbons (Fsp3) is 0.423. The first-order valence-electron chi connectivity index (χ1n) is 11.8. The molecule has 8 heteroatoms. The smallest absolute Gasteiger partial charge is 0.414 e. The van der Waals surface area contributed by atoms with Crippen LogP contribution in [0, 0.1) is 12.7 Å². The molecule has 0 bridgehead atoms. The molecule has 2 aliphatic rings. The molecule has 2 N–H and O–H groups in total. The lowest BCUT2D eigenvalue weighted by Gasteiger charge is -2.27. The van der Waals surface area contributed by atoms with Crippen LogP contribution in [0.15, 0.2) is 42.5 Å². The number of benzene rings is 2. The fourth-order valence-corrected chi connectivity index (χ4v) is 4.53. The average molecular weight is 468 g/mol. The number of hydrogen-bond donors (Lipinski definition) is 2. The predicted molar refractivity (Wildman–Crippen MR) is 127 cm³/mol. The molecule has 2 amide bonds. The minimum atomic E-state index is -0.548. The third-order valence-electron chi connectivity index (χ3n) is 6.42. The zero-order chi connectivity index (χ0) is 24.1. The zero-order valence-corrected chi connectivity index (χ0v) is 19.3. The van der Waals surface area contributed by atoms with Gasteiger partial charge >= 0.3 is 6.09 Å². The number of carbonyl (C=O) groups excluding carboxylic acids is 3. The van der Waals surface area contributed by atoms with E-state index >= 15 is 0 Å². The number of hydrogen-bond acceptors (Lipinski definition) is 5. The predicted octanol–water partition coefficient (Wildman–Crippen LogP) is 3.71. The number of ketones is 1. The topological polar surface area (TPSA) is 87.7 Å². The van der Waals surface area contributed by atoms with Crippen molar-refractivity contribution in [3.05, 3.63) is 65.0 Å². The van der Waals surface area contributed by atoms with Crippen LogP contribution in [0.4, 0.5) is 14.9 Å². The molecule has 0 spiro atoms. The number of rotatable bonds is 8. The number of halogens is 1. The van der Waals surface area contributed by atoms with Gasteiger partial charge in [-0.05, 0) is 50.9 Å². The number of anilines is 1. The van der Waals surface area contributed by atoms with E-state index in [0.717, 1.165) is 31.5 Å². The van der Waals surface area contributed by atoms with Gasteiger partial charge in [0.25, 0.3) is 0 Å². The quantitative estimate of drug-likeness (QED) is 0.578. The molecule has 2 heterocycles. The van der Waals surface area contributed by atoms with Crippen LogP contribution in [-0.4, -0.2) is 50.1 Å². The molecule has 0 aromatic heterocycles. The molecular weight excluding hydrogens is 437 g/mol. The van der Waals surface area contributed by atoms with E-state index in [-0.39, 0.29) is 49.4 Å². The molecule has 34 heavy (non-hydrogen) atoms. The molecule has 0 aliphatic carbocycles. The highest BCUT2D eigenvalue weighted by Gasteiger charge is 2.35. The first-order chi connectivity index (χ1) is 16.4. The molecule has 0 saturated carbocycles. The molecule has 2 aromatic carbocycles. The summed E-state index contributed by atoms with van der Waals surface area (Å²) in [5.74, 6) is -0.649. The van der Waals surface area contributed by atoms with E-state index < -0.39 is 12.2 Å². The zero-order valence-electron chi connectivity index (χ0n) is 19.3. The first kappa shape index (κ1) is 23.9. The Morgan fingerprint density at radius 3 is 2.59 bits per heavy atom. The maximum atomic E-state index is 14.8. The van der Waals surface area contributed by atoms with Gasteiger partial charge in [-0.25, -0.2) is 9.18 Å². The Morgan fingerprint density at radius 1 is 1.12 bits per heavy atom. The van der Waals surface area contributed by atoms with Gasteiger partial charge in [0.1, 0.15) is 11.9 Å². The van der Waals surface area contributed by atoms with Crippen molar-refractivity contribution in [2.45, 2.75) is 44.6 Å². The van der Waals surface area contributed by atoms with Gasteiger partial charge in [-0.3, -0.25) is 14.5 Å². The number of Topliss-reactive ketones (excluding diaryl/α,β-unsaturated/α-hetero) is 1. The second kappa shape index (κ2) is 10.8. The van der Waals surface area contributed by atoms with Crippen LogP contribution in [-0.2, 0) is 9.53 Å². The van der Waals surface area contributed by atoms with Crippen molar-refractivity contribution in [2.75, 3.05) is 31.1 Å². The van der Waals surface area contributed by atoms with Gasteiger partial charge in [-0.1, -0.05) is 35.9 Å². The molecule has 2 fully saturated rings. The van der Waals surface area contributed by atoms with E-state index in [2.05, 4.69) is 10.6 Å². The minimum absolute atomic E-state index is 0.0371. The number of piperidine rings is 1. The van der Waals surface area contributed by atoms with Crippen LogP contribution in [0.2, 0.25) is 0 Å². The van der Waals surface area contributed by atoms with E-state index in [4.69, 9.17) is 4.74 Å². The second-order valence-corrected chi connectivity index (χ2v) is 8.91. The SMILES string of the molecule is Cc1ccc(C(=O)CCC(=O)NC[C@H]2CN(c3cccc(F)c3C3CCNCC3)C(=O)O2)cc1. The molecule has 2 aromatic rings. The van der Waals surface area contributed by atoms with Gasteiger partial charge in [0.15, 0.2) is 5.78 Å². The standard InChI is InChI=1S/C26H30FN3O4/c1-17-5-7-18(8-6-17)23(31)9-10-24(32)29-15-20-16-30(26(33)34-20)22-4-2-3-21(27)25(22)19-11-13-28-14-12-19/h2-8,19-20,28H,9-16H2,1H3,(H,29,32)/t20-/m0/s1. The van der Waals surface area contributed by atoms with E-state index in [9.17, 15) is 18.8 Å². The van der Waals surface area contributed by atoms with Crippen molar-refractivity contribution >= 4 is 23.5 Å². The number of nitrogens with zero attached hydrogens (tertiary/aromatic N) is 1. The Hall–Kier alpha value is -3.26. The van der Waals surface area contributed by atoms with Crippen LogP contribution in [0.5, 0.6) is 0 Å². The summed E-state index contributed by atoms with van der Waals surface area (Å²) in [5, 5.41) is 6.02. The molecule has 0 unspecified atom stereocenters. The van der Waals surface area contributed by atoms with Crippen LogP contribution in [0.1, 0.15) is 53.1 Å². The molecule has 0 radical (unpaired) electrons. The summed E-state index contributed by atoms with van der Waals surface area (Å²) in [6.45, 7) is 3.93. The van der Waals surface area contributed by atoms with Crippen LogP contribution < -0.4 is 15.5 Å². The average Bonchev–Trinajstić information content (AvgIpc) is 3.22. The van der Waals surface area contributed by atoms with Crippen LogP contribution in [0.3, 0.4) is 0 Å². The minimum Gasteiger partial charge on any atom is -0.442 e. The van der Waals surface area contributed by atoms with Gasteiger partial charge in [-0.15, -0.1) is 0 Å². The molecule has 2 aliphatic heterocycles. The maximum absolute atomic E-state index is 14.8. The lowest BCUT2D eigenvalue weighted by molar-refractivity contribution is -0.121. The van der Waals surface area contributed by atoms with Crippen molar-refractivity contribution in [1.29, 1.82) is 0 Å². The summed E-state index contributed by atoms with van der Waals surface area (Å²) in [7, 11) is 0. The van der Waals surface area contributed by atoms with E-state index in [1.54, 1.807) is 24.3 Å². The highest BCUT2D eigenvalue weighted by atomic mass is 19.1. The van der Waals surface area contributed by atoms with Gasteiger partial charge < -0.3 is 15.4 Å². The van der Waals surface area contributed by atoms with Gasteiger partial charge in [0.05, 0.1) is 18.8 Å². The fourth-order valence-electron chi connectivity index (χ4n) is 4.53. The molecule has 2 saturated heterocycles. The van der Waals surface area contributed by atoms with Gasteiger partial charge in [-0.2, -0.15) is 0 Å². The molecule has 1 atom stereocenters. The second-order valence-electron chi connectivity index (χ2n) is 8.91. The number of nitrogens with one attached hydrogen (secondary N) is 2. The van der Waals surface area contributed by atoms with E-state index in [1.807, 2.05) is 19.1 Å². The summed E-state index contributed by atoms with van der Waals surface area (Å²) >= 11 is 0. The van der Waals surface area contributed by atoms with Gasteiger partial charge in [0.2, 0.25) is 5.91 Å². The normalized spacial score (nSPS) is 18.6. The molecule has 180 valence electrons. The Bertz CT molecular complexity index is 1050. The monoisotopic (exact) mass is 467 g/mol. The number of aryl methyl sites for hydroxylation is 1. The lowest BCUT2D eigenvalue weighted by atomic mass is 9.88. The maximum Gasteiger partial charge on any atom is 0.414 e. The Kier molecular flexibility index (Phi) is 7.57. The van der Waals surface area contributed by atoms with E-state index in [1.165, 1.54) is 11.0 Å². The lowest BCUT2D eigenvalue weighted by Crippen LogP contribution is -2.35. The number of carbonyl (C=O) groups is 3. The summed E-state index contributed by atoms with van der Waals surface area (Å²) in [6.07, 6.45) is 0.674. The highest BCUT2D eigenvalue weighted by molar-refractivity contribution is 5.98. The van der Waals surface area contributed by atoms with Crippen LogP contribution >= 0.6 is 0 Å². The van der Waals surface area contributed by atoms with Crippen molar-refractivity contribution in [3.63, 3.8) is 0 Å². The Labute approximate surface area is 198 Å². The van der Waals surface area contributed by atoms with Crippen molar-refractivity contribution in [1.82, 2.24) is 10.6 Å². The number of amides is 2. The number of ether oxygens (including phenoxy) is 1. The molecule has 4 rings (SSSR count). The molecular formula is C26H30FN3O4. The summed E-state index contributed by atoms with van der Waals surface area (Å²) in [6, 6.07) is 12.0. The van der Waals surface area contributed by atoms with Crippen molar-refractivity contribution < 1.29 is 23.5 Å².